The topological polar surface area (TPSA) is 62.7 Å². The number of benzene rings is 1. The van der Waals surface area contributed by atoms with Crippen molar-refractivity contribution >= 4 is 0 Å². The Morgan fingerprint density at radius 3 is 2.61 bits per heavy atom. The van der Waals surface area contributed by atoms with E-state index >= 15 is 0 Å². The van der Waals surface area contributed by atoms with Gasteiger partial charge in [0.05, 0.1) is 26.5 Å². The molecule has 0 radical (unpaired) electrons. The maximum absolute atomic E-state index is 5.78. The van der Waals surface area contributed by atoms with E-state index in [0.29, 0.717) is 24.1 Å². The van der Waals surface area contributed by atoms with Crippen LogP contribution < -0.4 is 14.2 Å². The lowest BCUT2D eigenvalue weighted by Crippen LogP contribution is -2.03. The summed E-state index contributed by atoms with van der Waals surface area (Å²) < 4.78 is 21.4. The van der Waals surface area contributed by atoms with Gasteiger partial charge in [0.1, 0.15) is 12.4 Å². The molecule has 0 amide bonds. The van der Waals surface area contributed by atoms with Gasteiger partial charge in [-0.15, -0.1) is 0 Å². The van der Waals surface area contributed by atoms with Gasteiger partial charge < -0.3 is 18.9 Å². The van der Waals surface area contributed by atoms with Gasteiger partial charge in [0, 0.05) is 18.6 Å². The molecule has 1 aliphatic heterocycles. The Labute approximate surface area is 135 Å². The van der Waals surface area contributed by atoms with Crippen LogP contribution in [0.5, 0.6) is 17.6 Å². The first-order valence-electron chi connectivity index (χ1n) is 7.55. The van der Waals surface area contributed by atoms with E-state index in [9.17, 15) is 0 Å². The van der Waals surface area contributed by atoms with Gasteiger partial charge in [-0.1, -0.05) is 12.1 Å². The molecular weight excluding hydrogens is 296 g/mol. The van der Waals surface area contributed by atoms with E-state index in [2.05, 4.69) is 22.1 Å². The Hall–Kier alpha value is -2.34. The second-order valence-corrected chi connectivity index (χ2v) is 5.31. The van der Waals surface area contributed by atoms with Gasteiger partial charge in [-0.25, -0.2) is 0 Å². The molecule has 23 heavy (non-hydrogen) atoms. The summed E-state index contributed by atoms with van der Waals surface area (Å²) in [6.45, 7) is 1.97. The molecule has 1 aromatic carbocycles. The molecule has 6 heteroatoms. The van der Waals surface area contributed by atoms with Gasteiger partial charge in [-0.05, 0) is 24.1 Å². The molecule has 0 N–H and O–H groups in total. The smallest absolute Gasteiger partial charge is 0.319 e. The molecule has 1 aromatic heterocycles. The maximum Gasteiger partial charge on any atom is 0.319 e. The van der Waals surface area contributed by atoms with Gasteiger partial charge in [0.2, 0.25) is 5.88 Å². The Bertz CT molecular complexity index is 617. The van der Waals surface area contributed by atoms with E-state index in [4.69, 9.17) is 18.9 Å². The Balaban J connectivity index is 1.63. The van der Waals surface area contributed by atoms with Crippen molar-refractivity contribution in [1.82, 2.24) is 9.97 Å². The largest absolute Gasteiger partial charge is 0.487 e. The lowest BCUT2D eigenvalue weighted by molar-refractivity contribution is 0.194. The fourth-order valence-corrected chi connectivity index (χ4v) is 2.51. The normalized spacial score (nSPS) is 17.0. The Morgan fingerprint density at radius 2 is 1.96 bits per heavy atom. The number of rotatable bonds is 6. The van der Waals surface area contributed by atoms with Crippen LogP contribution in [0.15, 0.2) is 30.3 Å². The fourth-order valence-electron chi connectivity index (χ4n) is 2.51. The molecule has 3 rings (SSSR count). The number of ether oxygens (including phenoxy) is 4. The van der Waals surface area contributed by atoms with Crippen LogP contribution in [-0.2, 0) is 11.3 Å². The molecule has 6 nitrogen and oxygen atoms in total. The fraction of sp³-hybridized carbons (Fsp3) is 0.412. The molecule has 0 saturated carbocycles. The summed E-state index contributed by atoms with van der Waals surface area (Å²) in [6.07, 6.45) is 1.08. The molecule has 1 fully saturated rings. The molecule has 122 valence electrons. The summed E-state index contributed by atoms with van der Waals surface area (Å²) in [7, 11) is 3.07. The Morgan fingerprint density at radius 1 is 1.13 bits per heavy atom. The predicted molar refractivity (Wildman–Crippen MR) is 84.1 cm³/mol. The van der Waals surface area contributed by atoms with Crippen molar-refractivity contribution in [3.05, 3.63) is 41.6 Å². The van der Waals surface area contributed by atoms with Crippen molar-refractivity contribution in [2.45, 2.75) is 18.9 Å². The molecule has 1 unspecified atom stereocenters. The lowest BCUT2D eigenvalue weighted by Gasteiger charge is -2.11. The highest BCUT2D eigenvalue weighted by molar-refractivity contribution is 5.30. The van der Waals surface area contributed by atoms with E-state index < -0.39 is 0 Å². The van der Waals surface area contributed by atoms with Crippen molar-refractivity contribution < 1.29 is 18.9 Å². The molecule has 0 spiro atoms. The van der Waals surface area contributed by atoms with Gasteiger partial charge >= 0.3 is 6.01 Å². The zero-order valence-corrected chi connectivity index (χ0v) is 13.3. The van der Waals surface area contributed by atoms with Crippen LogP contribution in [0.4, 0.5) is 0 Å². The van der Waals surface area contributed by atoms with Crippen LogP contribution in [0.25, 0.3) is 0 Å². The monoisotopic (exact) mass is 316 g/mol. The minimum absolute atomic E-state index is 0.263. The standard InChI is InChI=1S/C17H20N2O4/c1-20-16-9-14(18-17(19-16)21-2)11-23-15-5-3-12(4-6-15)13-7-8-22-10-13/h3-6,9,13H,7-8,10-11H2,1-2H3. The zero-order valence-electron chi connectivity index (χ0n) is 13.3. The summed E-state index contributed by atoms with van der Waals surface area (Å²) in [6, 6.07) is 10.1. The maximum atomic E-state index is 5.78. The summed E-state index contributed by atoms with van der Waals surface area (Å²) in [5.74, 6) is 1.75. The van der Waals surface area contributed by atoms with Crippen LogP contribution >= 0.6 is 0 Å². The molecule has 1 aliphatic rings. The van der Waals surface area contributed by atoms with E-state index in [-0.39, 0.29) is 6.01 Å². The van der Waals surface area contributed by atoms with Crippen molar-refractivity contribution in [3.8, 4) is 17.6 Å². The van der Waals surface area contributed by atoms with E-state index in [1.54, 1.807) is 13.2 Å². The van der Waals surface area contributed by atoms with Crippen LogP contribution in [-0.4, -0.2) is 37.4 Å². The highest BCUT2D eigenvalue weighted by Gasteiger charge is 2.17. The lowest BCUT2D eigenvalue weighted by atomic mass is 9.99. The third-order valence-corrected chi connectivity index (χ3v) is 3.79. The van der Waals surface area contributed by atoms with Crippen LogP contribution in [0.1, 0.15) is 23.6 Å². The van der Waals surface area contributed by atoms with E-state index in [0.717, 1.165) is 25.4 Å². The Kier molecular flexibility index (Phi) is 4.92. The van der Waals surface area contributed by atoms with Gasteiger partial charge in [0.15, 0.2) is 0 Å². The highest BCUT2D eigenvalue weighted by atomic mass is 16.5. The van der Waals surface area contributed by atoms with Gasteiger partial charge in [-0.3, -0.25) is 0 Å². The molecule has 2 heterocycles. The van der Waals surface area contributed by atoms with Gasteiger partial charge in [0.25, 0.3) is 0 Å². The third kappa shape index (κ3) is 3.90. The van der Waals surface area contributed by atoms with Crippen LogP contribution in [0, 0.1) is 0 Å². The van der Waals surface area contributed by atoms with Crippen LogP contribution in [0.2, 0.25) is 0 Å². The molecule has 1 atom stereocenters. The highest BCUT2D eigenvalue weighted by Crippen LogP contribution is 2.27. The third-order valence-electron chi connectivity index (χ3n) is 3.79. The van der Waals surface area contributed by atoms with Crippen molar-refractivity contribution in [1.29, 1.82) is 0 Å². The minimum atomic E-state index is 0.263. The second-order valence-electron chi connectivity index (χ2n) is 5.31. The van der Waals surface area contributed by atoms with Crippen molar-refractivity contribution in [3.63, 3.8) is 0 Å². The average molecular weight is 316 g/mol. The average Bonchev–Trinajstić information content (AvgIpc) is 3.14. The molecule has 0 bridgehead atoms. The predicted octanol–water partition coefficient (Wildman–Crippen LogP) is 2.58. The first-order valence-corrected chi connectivity index (χ1v) is 7.55. The summed E-state index contributed by atoms with van der Waals surface area (Å²) in [4.78, 5) is 8.30. The minimum Gasteiger partial charge on any atom is -0.487 e. The number of methoxy groups -OCH3 is 2. The van der Waals surface area contributed by atoms with Crippen molar-refractivity contribution in [2.75, 3.05) is 27.4 Å². The molecule has 2 aromatic rings. The summed E-state index contributed by atoms with van der Waals surface area (Å²) in [5, 5.41) is 0. The van der Waals surface area contributed by atoms with Crippen molar-refractivity contribution in [2.24, 2.45) is 0 Å². The first-order chi connectivity index (χ1) is 11.3. The van der Waals surface area contributed by atoms with E-state index in [1.807, 2.05) is 12.1 Å². The number of hydrogen-bond acceptors (Lipinski definition) is 6. The first kappa shape index (κ1) is 15.6. The molecular formula is C17H20N2O4. The van der Waals surface area contributed by atoms with Gasteiger partial charge in [-0.2, -0.15) is 9.97 Å². The number of nitrogens with zero attached hydrogens (tertiary/aromatic N) is 2. The number of aromatic nitrogens is 2. The number of hydrogen-bond donors (Lipinski definition) is 0. The second kappa shape index (κ2) is 7.28. The summed E-state index contributed by atoms with van der Waals surface area (Å²) >= 11 is 0. The van der Waals surface area contributed by atoms with E-state index in [1.165, 1.54) is 12.7 Å². The SMILES string of the molecule is COc1cc(COc2ccc(C3CCOC3)cc2)nc(OC)n1. The summed E-state index contributed by atoms with van der Waals surface area (Å²) in [5.41, 5.74) is 1.99. The molecule has 1 saturated heterocycles. The zero-order chi connectivity index (χ0) is 16.1. The quantitative estimate of drug-likeness (QED) is 0.816. The van der Waals surface area contributed by atoms with Crippen LogP contribution in [0.3, 0.4) is 0 Å². The molecule has 0 aliphatic carbocycles.